The van der Waals surface area contributed by atoms with Crippen molar-refractivity contribution in [2.24, 2.45) is 0 Å². The summed E-state index contributed by atoms with van der Waals surface area (Å²) < 4.78 is 26.9. The van der Waals surface area contributed by atoms with Gasteiger partial charge in [-0.05, 0) is 42.7 Å². The van der Waals surface area contributed by atoms with E-state index in [4.69, 9.17) is 0 Å². The van der Waals surface area contributed by atoms with Gasteiger partial charge in [-0.15, -0.1) is 0 Å². The summed E-state index contributed by atoms with van der Waals surface area (Å²) >= 11 is 0. The lowest BCUT2D eigenvalue weighted by molar-refractivity contribution is -0.120. The van der Waals surface area contributed by atoms with E-state index in [2.05, 4.69) is 15.0 Å². The molecular formula is C16H19N3O3S. The Labute approximate surface area is 136 Å². The molecule has 0 radical (unpaired) electrons. The Bertz CT molecular complexity index is 789. The first-order valence-electron chi connectivity index (χ1n) is 7.11. The summed E-state index contributed by atoms with van der Waals surface area (Å²) in [5, 5.41) is 2.64. The lowest BCUT2D eigenvalue weighted by atomic mass is 10.2. The minimum Gasteiger partial charge on any atom is -0.351 e. The van der Waals surface area contributed by atoms with Gasteiger partial charge >= 0.3 is 0 Å². The van der Waals surface area contributed by atoms with Gasteiger partial charge in [0.15, 0.2) is 0 Å². The van der Waals surface area contributed by atoms with Crippen molar-refractivity contribution in [1.29, 1.82) is 0 Å². The normalized spacial score (nSPS) is 11.2. The highest BCUT2D eigenvalue weighted by molar-refractivity contribution is 7.89. The third-order valence-corrected chi connectivity index (χ3v) is 4.81. The van der Waals surface area contributed by atoms with Crippen LogP contribution < -0.4 is 10.0 Å². The predicted octanol–water partition coefficient (Wildman–Crippen LogP) is 1.29. The smallest absolute Gasteiger partial charge is 0.241 e. The van der Waals surface area contributed by atoms with E-state index >= 15 is 0 Å². The Hall–Kier alpha value is -2.25. The van der Waals surface area contributed by atoms with E-state index < -0.39 is 15.9 Å². The maximum atomic E-state index is 12.3. The van der Waals surface area contributed by atoms with Gasteiger partial charge in [0.25, 0.3) is 0 Å². The lowest BCUT2D eigenvalue weighted by Crippen LogP contribution is -2.36. The van der Waals surface area contributed by atoms with Crippen molar-refractivity contribution in [1.82, 2.24) is 15.0 Å². The largest absolute Gasteiger partial charge is 0.351 e. The molecule has 2 rings (SSSR count). The van der Waals surface area contributed by atoms with Crippen LogP contribution in [0, 0.1) is 13.8 Å². The number of hydrogen-bond donors (Lipinski definition) is 2. The second-order valence-electron chi connectivity index (χ2n) is 5.23. The first-order chi connectivity index (χ1) is 10.9. The Balaban J connectivity index is 1.94. The van der Waals surface area contributed by atoms with E-state index in [0.717, 1.165) is 11.1 Å². The molecule has 2 N–H and O–H groups in total. The molecule has 0 fully saturated rings. The zero-order chi connectivity index (χ0) is 16.9. The van der Waals surface area contributed by atoms with Gasteiger partial charge in [-0.3, -0.25) is 9.78 Å². The molecular weight excluding hydrogens is 314 g/mol. The van der Waals surface area contributed by atoms with Crippen molar-refractivity contribution >= 4 is 15.9 Å². The molecule has 0 aliphatic heterocycles. The molecule has 0 spiro atoms. The zero-order valence-electron chi connectivity index (χ0n) is 13.0. The molecule has 2 aromatic rings. The summed E-state index contributed by atoms with van der Waals surface area (Å²) in [5.41, 5.74) is 2.33. The maximum Gasteiger partial charge on any atom is 0.241 e. The quantitative estimate of drug-likeness (QED) is 0.834. The summed E-state index contributed by atoms with van der Waals surface area (Å²) in [7, 11) is -3.71. The Morgan fingerprint density at radius 3 is 2.70 bits per heavy atom. The number of amides is 1. The van der Waals surface area contributed by atoms with Crippen molar-refractivity contribution in [3.63, 3.8) is 0 Å². The summed E-state index contributed by atoms with van der Waals surface area (Å²) in [6.45, 7) is 3.53. The van der Waals surface area contributed by atoms with E-state index in [1.165, 1.54) is 0 Å². The molecule has 0 bridgehead atoms. The monoisotopic (exact) mass is 333 g/mol. The molecule has 7 heteroatoms. The standard InChI is InChI=1S/C16H19N3O3S/c1-12-5-6-13(2)15(8-12)23(21,22)19-11-16(20)18-10-14-4-3-7-17-9-14/h3-9,19H,10-11H2,1-2H3,(H,18,20). The van der Waals surface area contributed by atoms with Crippen LogP contribution >= 0.6 is 0 Å². The molecule has 23 heavy (non-hydrogen) atoms. The average Bonchev–Trinajstić information content (AvgIpc) is 2.54. The van der Waals surface area contributed by atoms with Gasteiger partial charge in [-0.2, -0.15) is 0 Å². The van der Waals surface area contributed by atoms with Crippen LogP contribution in [-0.4, -0.2) is 25.9 Å². The first kappa shape index (κ1) is 17.1. The number of nitrogens with zero attached hydrogens (tertiary/aromatic N) is 1. The fraction of sp³-hybridized carbons (Fsp3) is 0.250. The number of hydrogen-bond acceptors (Lipinski definition) is 4. The molecule has 1 heterocycles. The number of aromatic nitrogens is 1. The first-order valence-corrected chi connectivity index (χ1v) is 8.59. The minimum atomic E-state index is -3.71. The number of aryl methyl sites for hydroxylation is 2. The molecule has 0 aliphatic rings. The highest BCUT2D eigenvalue weighted by atomic mass is 32.2. The lowest BCUT2D eigenvalue weighted by Gasteiger charge is -2.10. The van der Waals surface area contributed by atoms with E-state index in [0.29, 0.717) is 12.1 Å². The van der Waals surface area contributed by atoms with Crippen LogP contribution in [0.3, 0.4) is 0 Å². The Kier molecular flexibility index (Phi) is 5.46. The third kappa shape index (κ3) is 4.87. The maximum absolute atomic E-state index is 12.3. The number of pyridine rings is 1. The van der Waals surface area contributed by atoms with Crippen molar-refractivity contribution < 1.29 is 13.2 Å². The molecule has 1 amide bonds. The fourth-order valence-electron chi connectivity index (χ4n) is 2.00. The highest BCUT2D eigenvalue weighted by Gasteiger charge is 2.17. The van der Waals surface area contributed by atoms with Gasteiger partial charge in [0, 0.05) is 18.9 Å². The SMILES string of the molecule is Cc1ccc(C)c(S(=O)(=O)NCC(=O)NCc2cccnc2)c1. The van der Waals surface area contributed by atoms with Crippen molar-refractivity contribution in [3.05, 3.63) is 59.4 Å². The highest BCUT2D eigenvalue weighted by Crippen LogP contribution is 2.16. The molecule has 0 saturated heterocycles. The van der Waals surface area contributed by atoms with Gasteiger partial charge < -0.3 is 5.32 Å². The number of rotatable bonds is 6. The zero-order valence-corrected chi connectivity index (χ0v) is 13.9. The second kappa shape index (κ2) is 7.34. The van der Waals surface area contributed by atoms with Gasteiger partial charge in [0.2, 0.25) is 15.9 Å². The predicted molar refractivity (Wildman–Crippen MR) is 87.2 cm³/mol. The van der Waals surface area contributed by atoms with Gasteiger partial charge in [0.1, 0.15) is 0 Å². The van der Waals surface area contributed by atoms with Gasteiger partial charge in [-0.25, -0.2) is 13.1 Å². The van der Waals surface area contributed by atoms with Gasteiger partial charge in [0.05, 0.1) is 11.4 Å². The van der Waals surface area contributed by atoms with Crippen molar-refractivity contribution in [2.45, 2.75) is 25.3 Å². The molecule has 0 atom stereocenters. The van der Waals surface area contributed by atoms with E-state index in [1.807, 2.05) is 19.1 Å². The number of carbonyl (C=O) groups is 1. The molecule has 0 aliphatic carbocycles. The van der Waals surface area contributed by atoms with Crippen molar-refractivity contribution in [3.8, 4) is 0 Å². The average molecular weight is 333 g/mol. The Morgan fingerprint density at radius 1 is 1.22 bits per heavy atom. The van der Waals surface area contributed by atoms with Crippen LogP contribution in [0.2, 0.25) is 0 Å². The molecule has 122 valence electrons. The summed E-state index contributed by atoms with van der Waals surface area (Å²) in [4.78, 5) is 15.9. The van der Waals surface area contributed by atoms with Crippen LogP contribution in [0.5, 0.6) is 0 Å². The summed E-state index contributed by atoms with van der Waals surface area (Å²) in [6, 6.07) is 8.77. The molecule has 0 unspecified atom stereocenters. The van der Waals surface area contributed by atoms with Crippen molar-refractivity contribution in [2.75, 3.05) is 6.54 Å². The van der Waals surface area contributed by atoms with Crippen LogP contribution in [-0.2, 0) is 21.4 Å². The van der Waals surface area contributed by atoms with E-state index in [9.17, 15) is 13.2 Å². The summed E-state index contributed by atoms with van der Waals surface area (Å²) in [5.74, 6) is -0.400. The topological polar surface area (TPSA) is 88.2 Å². The third-order valence-electron chi connectivity index (χ3n) is 3.27. The number of carbonyl (C=O) groups excluding carboxylic acids is 1. The minimum absolute atomic E-state index is 0.192. The summed E-state index contributed by atoms with van der Waals surface area (Å²) in [6.07, 6.45) is 3.28. The van der Waals surface area contributed by atoms with E-state index in [1.54, 1.807) is 37.5 Å². The van der Waals surface area contributed by atoms with E-state index in [-0.39, 0.29) is 11.4 Å². The fourth-order valence-corrected chi connectivity index (χ4v) is 3.31. The molecule has 0 saturated carbocycles. The second-order valence-corrected chi connectivity index (χ2v) is 6.97. The molecule has 6 nitrogen and oxygen atoms in total. The number of benzene rings is 1. The molecule has 1 aromatic heterocycles. The van der Waals surface area contributed by atoms with Crippen LogP contribution in [0.15, 0.2) is 47.6 Å². The molecule has 1 aromatic carbocycles. The van der Waals surface area contributed by atoms with Gasteiger partial charge in [-0.1, -0.05) is 18.2 Å². The van der Waals surface area contributed by atoms with Crippen LogP contribution in [0.1, 0.15) is 16.7 Å². The Morgan fingerprint density at radius 2 is 2.00 bits per heavy atom. The van der Waals surface area contributed by atoms with Crippen LogP contribution in [0.25, 0.3) is 0 Å². The number of sulfonamides is 1. The van der Waals surface area contributed by atoms with Crippen LogP contribution in [0.4, 0.5) is 0 Å². The number of nitrogens with one attached hydrogen (secondary N) is 2.